The molecule has 0 amide bonds. The van der Waals surface area contributed by atoms with Crippen molar-refractivity contribution in [3.63, 3.8) is 0 Å². The van der Waals surface area contributed by atoms with Crippen molar-refractivity contribution >= 4 is 18.5 Å². The molecule has 0 aromatic carbocycles. The highest BCUT2D eigenvalue weighted by Gasteiger charge is 2.22. The van der Waals surface area contributed by atoms with Gasteiger partial charge in [-0.05, 0) is 43.9 Å². The van der Waals surface area contributed by atoms with E-state index in [4.69, 9.17) is 4.74 Å². The highest BCUT2D eigenvalue weighted by atomic mass is 35.5. The van der Waals surface area contributed by atoms with E-state index in [1.165, 1.54) is 12.0 Å². The number of allylic oxidation sites excluding steroid dienone is 2. The molecule has 0 fully saturated rings. The number of hydrogen-bond donors (Lipinski definition) is 1. The van der Waals surface area contributed by atoms with E-state index in [1.807, 2.05) is 6.92 Å². The quantitative estimate of drug-likeness (QED) is 0.848. The Hall–Kier alpha value is -1.32. The van der Waals surface area contributed by atoms with E-state index in [2.05, 4.69) is 17.1 Å². The minimum Gasteiger partial charge on any atom is -0.455 e. The maximum Gasteiger partial charge on any atom is 0.156 e. The van der Waals surface area contributed by atoms with Crippen molar-refractivity contribution in [3.8, 4) is 5.75 Å². The molecule has 0 unspecified atom stereocenters. The first-order chi connectivity index (χ1) is 8.29. The predicted octanol–water partition coefficient (Wildman–Crippen LogP) is 3.15. The van der Waals surface area contributed by atoms with E-state index < -0.39 is 0 Å². The second-order valence-electron chi connectivity index (χ2n) is 4.50. The second-order valence-corrected chi connectivity index (χ2v) is 4.50. The fourth-order valence-electron chi connectivity index (χ4n) is 2.37. The van der Waals surface area contributed by atoms with Gasteiger partial charge in [-0.2, -0.15) is 0 Å². The Kier molecular flexibility index (Phi) is 3.73. The molecule has 18 heavy (non-hydrogen) atoms. The number of fused-ring (bicyclic) bond motifs is 2. The summed E-state index contributed by atoms with van der Waals surface area (Å²) in [7, 11) is 0. The number of hydrogen-bond acceptors (Lipinski definition) is 3. The van der Waals surface area contributed by atoms with Crippen LogP contribution in [-0.2, 0) is 6.61 Å². The fourth-order valence-corrected chi connectivity index (χ4v) is 2.37. The molecular weight excluding hydrogens is 250 g/mol. The monoisotopic (exact) mass is 265 g/mol. The molecule has 1 aliphatic heterocycles. The van der Waals surface area contributed by atoms with Crippen LogP contribution in [-0.4, -0.2) is 10.1 Å². The molecule has 1 aliphatic carbocycles. The maximum atomic E-state index is 9.34. The SMILES string of the molecule is Cc1ncc(CO)c2c1OC1=CCCCC1=C2.Cl. The van der Waals surface area contributed by atoms with Crippen molar-refractivity contribution in [2.24, 2.45) is 0 Å². The number of halogens is 1. The van der Waals surface area contributed by atoms with Gasteiger partial charge in [0.1, 0.15) is 5.76 Å². The lowest BCUT2D eigenvalue weighted by Crippen LogP contribution is -2.12. The predicted molar refractivity (Wildman–Crippen MR) is 72.7 cm³/mol. The summed E-state index contributed by atoms with van der Waals surface area (Å²) in [6.07, 6.45) is 9.32. The number of pyridine rings is 1. The number of ether oxygens (including phenoxy) is 1. The first kappa shape index (κ1) is 13.1. The Labute approximate surface area is 113 Å². The molecule has 2 heterocycles. The first-order valence-corrected chi connectivity index (χ1v) is 5.98. The van der Waals surface area contributed by atoms with E-state index >= 15 is 0 Å². The van der Waals surface area contributed by atoms with Gasteiger partial charge in [-0.25, -0.2) is 0 Å². The normalized spacial score (nSPS) is 16.6. The van der Waals surface area contributed by atoms with Gasteiger partial charge >= 0.3 is 0 Å². The van der Waals surface area contributed by atoms with Crippen LogP contribution in [0, 0.1) is 6.92 Å². The minimum atomic E-state index is 0. The van der Waals surface area contributed by atoms with E-state index in [0.29, 0.717) is 0 Å². The summed E-state index contributed by atoms with van der Waals surface area (Å²) in [5.74, 6) is 1.78. The van der Waals surface area contributed by atoms with E-state index in [-0.39, 0.29) is 19.0 Å². The molecule has 3 rings (SSSR count). The standard InChI is InChI=1S/C14H15NO2.ClH/c1-9-14-12(11(8-16)7-15-9)6-10-4-2-3-5-13(10)17-14;/h5-7,16H,2-4,8H2,1H3;1H. The Morgan fingerprint density at radius 3 is 3.06 bits per heavy atom. The van der Waals surface area contributed by atoms with E-state index in [0.717, 1.165) is 41.2 Å². The number of aromatic nitrogens is 1. The van der Waals surface area contributed by atoms with Crippen LogP contribution in [0.1, 0.15) is 36.1 Å². The molecule has 0 radical (unpaired) electrons. The summed E-state index contributed by atoms with van der Waals surface area (Å²) >= 11 is 0. The van der Waals surface area contributed by atoms with Gasteiger partial charge < -0.3 is 9.84 Å². The molecule has 0 bridgehead atoms. The molecule has 0 saturated heterocycles. The number of aliphatic hydroxyl groups is 1. The van der Waals surface area contributed by atoms with Gasteiger partial charge in [0.25, 0.3) is 0 Å². The lowest BCUT2D eigenvalue weighted by molar-refractivity contribution is 0.280. The third-order valence-electron chi connectivity index (χ3n) is 3.33. The van der Waals surface area contributed by atoms with Crippen molar-refractivity contribution in [1.82, 2.24) is 4.98 Å². The molecule has 96 valence electrons. The summed E-state index contributed by atoms with van der Waals surface area (Å²) < 4.78 is 5.93. The molecular formula is C14H16ClNO2. The smallest absolute Gasteiger partial charge is 0.156 e. The minimum absolute atomic E-state index is 0. The topological polar surface area (TPSA) is 42.4 Å². The summed E-state index contributed by atoms with van der Waals surface area (Å²) in [6, 6.07) is 0. The Morgan fingerprint density at radius 2 is 2.28 bits per heavy atom. The van der Waals surface area contributed by atoms with Crippen LogP contribution in [0.15, 0.2) is 23.6 Å². The van der Waals surface area contributed by atoms with Crippen LogP contribution in [0.4, 0.5) is 0 Å². The number of aliphatic hydroxyl groups excluding tert-OH is 1. The number of nitrogens with zero attached hydrogens (tertiary/aromatic N) is 1. The number of aryl methyl sites for hydroxylation is 1. The molecule has 0 saturated carbocycles. The third-order valence-corrected chi connectivity index (χ3v) is 3.33. The highest BCUT2D eigenvalue weighted by Crippen LogP contribution is 2.39. The largest absolute Gasteiger partial charge is 0.455 e. The third kappa shape index (κ3) is 2.04. The lowest BCUT2D eigenvalue weighted by Gasteiger charge is -2.25. The van der Waals surface area contributed by atoms with Crippen LogP contribution < -0.4 is 4.74 Å². The number of rotatable bonds is 1. The molecule has 0 atom stereocenters. The first-order valence-electron chi connectivity index (χ1n) is 5.98. The Morgan fingerprint density at radius 1 is 1.44 bits per heavy atom. The van der Waals surface area contributed by atoms with Crippen LogP contribution in [0.25, 0.3) is 6.08 Å². The van der Waals surface area contributed by atoms with Gasteiger partial charge in [-0.1, -0.05) is 0 Å². The summed E-state index contributed by atoms with van der Waals surface area (Å²) in [4.78, 5) is 4.26. The molecule has 4 heteroatoms. The van der Waals surface area contributed by atoms with Crippen molar-refractivity contribution in [2.45, 2.75) is 32.8 Å². The van der Waals surface area contributed by atoms with Gasteiger partial charge in [0.15, 0.2) is 5.75 Å². The van der Waals surface area contributed by atoms with Crippen LogP contribution in [0.5, 0.6) is 5.75 Å². The van der Waals surface area contributed by atoms with Gasteiger partial charge in [0, 0.05) is 17.3 Å². The van der Waals surface area contributed by atoms with Gasteiger partial charge in [-0.3, -0.25) is 4.98 Å². The van der Waals surface area contributed by atoms with Crippen LogP contribution in [0.2, 0.25) is 0 Å². The summed E-state index contributed by atoms with van der Waals surface area (Å²) in [6.45, 7) is 1.93. The summed E-state index contributed by atoms with van der Waals surface area (Å²) in [5.41, 5.74) is 3.94. The molecule has 1 N–H and O–H groups in total. The van der Waals surface area contributed by atoms with Crippen LogP contribution >= 0.6 is 12.4 Å². The Balaban J connectivity index is 0.00000120. The molecule has 2 aliphatic rings. The zero-order valence-electron chi connectivity index (χ0n) is 10.3. The molecule has 1 aromatic heterocycles. The molecule has 0 spiro atoms. The molecule has 3 nitrogen and oxygen atoms in total. The lowest BCUT2D eigenvalue weighted by atomic mass is 9.94. The van der Waals surface area contributed by atoms with Crippen molar-refractivity contribution < 1.29 is 9.84 Å². The van der Waals surface area contributed by atoms with Crippen molar-refractivity contribution in [3.05, 3.63) is 40.4 Å². The summed E-state index contributed by atoms with van der Waals surface area (Å²) in [5, 5.41) is 9.34. The Bertz CT molecular complexity index is 535. The van der Waals surface area contributed by atoms with Crippen molar-refractivity contribution in [1.29, 1.82) is 0 Å². The maximum absolute atomic E-state index is 9.34. The second kappa shape index (κ2) is 5.12. The molecule has 1 aromatic rings. The van der Waals surface area contributed by atoms with Crippen LogP contribution in [0.3, 0.4) is 0 Å². The van der Waals surface area contributed by atoms with Crippen molar-refractivity contribution in [2.75, 3.05) is 0 Å². The van der Waals surface area contributed by atoms with Gasteiger partial charge in [0.05, 0.1) is 12.3 Å². The van der Waals surface area contributed by atoms with E-state index in [9.17, 15) is 5.11 Å². The fraction of sp³-hybridized carbons (Fsp3) is 0.357. The highest BCUT2D eigenvalue weighted by molar-refractivity contribution is 5.85. The zero-order valence-corrected chi connectivity index (χ0v) is 11.1. The van der Waals surface area contributed by atoms with E-state index in [1.54, 1.807) is 6.20 Å². The average molecular weight is 266 g/mol. The zero-order chi connectivity index (χ0) is 11.8. The van der Waals surface area contributed by atoms with Gasteiger partial charge in [0.2, 0.25) is 0 Å². The average Bonchev–Trinajstić information content (AvgIpc) is 2.38. The van der Waals surface area contributed by atoms with Gasteiger partial charge in [-0.15, -0.1) is 12.4 Å².